The van der Waals surface area contributed by atoms with E-state index in [1.165, 1.54) is 12.1 Å². The van der Waals surface area contributed by atoms with E-state index in [-0.39, 0.29) is 23.8 Å². The fraction of sp³-hybridized carbons (Fsp3) is 0.571. The molecule has 0 aliphatic rings. The topological polar surface area (TPSA) is 71.0 Å². The summed E-state index contributed by atoms with van der Waals surface area (Å²) in [4.78, 5) is 0. The van der Waals surface area contributed by atoms with Crippen LogP contribution in [0.5, 0.6) is 11.5 Å². The average molecular weight is 269 g/mol. The molecule has 1 unspecified atom stereocenters. The first-order valence-electron chi connectivity index (χ1n) is 6.56. The molecule has 0 saturated carbocycles. The molecule has 1 aromatic carbocycles. The van der Waals surface area contributed by atoms with Gasteiger partial charge in [0, 0.05) is 31.4 Å². The molecule has 5 nitrogen and oxygen atoms in total. The summed E-state index contributed by atoms with van der Waals surface area (Å²) in [5, 5.41) is 22.4. The van der Waals surface area contributed by atoms with Crippen molar-refractivity contribution in [2.24, 2.45) is 0 Å². The molecule has 0 radical (unpaired) electrons. The number of aromatic hydroxyl groups is 2. The molecule has 0 saturated heterocycles. The van der Waals surface area contributed by atoms with Gasteiger partial charge in [0.15, 0.2) is 6.29 Å². The number of hydrogen-bond acceptors (Lipinski definition) is 5. The lowest BCUT2D eigenvalue weighted by molar-refractivity contribution is -0.133. The summed E-state index contributed by atoms with van der Waals surface area (Å²) in [7, 11) is 0. The number of phenols is 2. The van der Waals surface area contributed by atoms with Crippen molar-refractivity contribution in [3.63, 3.8) is 0 Å². The summed E-state index contributed by atoms with van der Waals surface area (Å²) < 4.78 is 10.9. The van der Waals surface area contributed by atoms with Crippen LogP contribution in [0.1, 0.15) is 32.4 Å². The fourth-order valence-corrected chi connectivity index (χ4v) is 1.81. The molecular weight excluding hydrogens is 246 g/mol. The molecule has 0 heterocycles. The monoisotopic (exact) mass is 269 g/mol. The summed E-state index contributed by atoms with van der Waals surface area (Å²) in [5.74, 6) is 0.287. The summed E-state index contributed by atoms with van der Waals surface area (Å²) in [6.45, 7) is 7.41. The van der Waals surface area contributed by atoms with Crippen LogP contribution in [-0.2, 0) is 9.47 Å². The van der Waals surface area contributed by atoms with Gasteiger partial charge < -0.3 is 25.0 Å². The van der Waals surface area contributed by atoms with E-state index in [9.17, 15) is 10.2 Å². The second-order valence-corrected chi connectivity index (χ2v) is 4.21. The molecule has 1 rings (SSSR count). The Morgan fingerprint density at radius 3 is 2.37 bits per heavy atom. The Hall–Kier alpha value is -1.30. The molecule has 0 bridgehead atoms. The van der Waals surface area contributed by atoms with Crippen LogP contribution in [0.15, 0.2) is 18.2 Å². The number of rotatable bonds is 8. The zero-order valence-electron chi connectivity index (χ0n) is 11.7. The minimum Gasteiger partial charge on any atom is -0.508 e. The Morgan fingerprint density at radius 2 is 1.79 bits per heavy atom. The standard InChI is InChI=1S/C14H23NO4/c1-4-18-14(19-5-2)9-15-10(3)12-8-11(16)6-7-13(12)17/h6-8,10,14-17H,4-5,9H2,1-3H3. The van der Waals surface area contributed by atoms with Gasteiger partial charge in [-0.3, -0.25) is 0 Å². The molecule has 5 heteroatoms. The molecule has 0 amide bonds. The van der Waals surface area contributed by atoms with Crippen molar-refractivity contribution >= 4 is 0 Å². The molecule has 19 heavy (non-hydrogen) atoms. The van der Waals surface area contributed by atoms with E-state index < -0.39 is 0 Å². The van der Waals surface area contributed by atoms with Crippen molar-refractivity contribution in [1.82, 2.24) is 5.32 Å². The van der Waals surface area contributed by atoms with E-state index in [4.69, 9.17) is 9.47 Å². The first-order chi connectivity index (χ1) is 9.08. The van der Waals surface area contributed by atoms with Crippen molar-refractivity contribution < 1.29 is 19.7 Å². The smallest absolute Gasteiger partial charge is 0.169 e. The molecular formula is C14H23NO4. The van der Waals surface area contributed by atoms with E-state index in [1.54, 1.807) is 6.07 Å². The minimum atomic E-state index is -0.308. The van der Waals surface area contributed by atoms with E-state index in [1.807, 2.05) is 20.8 Å². The number of nitrogens with one attached hydrogen (secondary N) is 1. The highest BCUT2D eigenvalue weighted by atomic mass is 16.7. The van der Waals surface area contributed by atoms with Crippen LogP contribution >= 0.6 is 0 Å². The summed E-state index contributed by atoms with van der Waals surface area (Å²) in [5.41, 5.74) is 0.645. The lowest BCUT2D eigenvalue weighted by atomic mass is 10.1. The molecule has 108 valence electrons. The van der Waals surface area contributed by atoms with Crippen LogP contribution in [0.25, 0.3) is 0 Å². The van der Waals surface area contributed by atoms with Gasteiger partial charge in [-0.1, -0.05) is 0 Å². The van der Waals surface area contributed by atoms with Crippen molar-refractivity contribution in [2.75, 3.05) is 19.8 Å². The fourth-order valence-electron chi connectivity index (χ4n) is 1.81. The molecule has 3 N–H and O–H groups in total. The first kappa shape index (κ1) is 15.8. The highest BCUT2D eigenvalue weighted by Gasteiger charge is 2.14. The van der Waals surface area contributed by atoms with Gasteiger partial charge in [0.1, 0.15) is 11.5 Å². The molecule has 0 spiro atoms. The third-order valence-electron chi connectivity index (χ3n) is 2.77. The van der Waals surface area contributed by atoms with Crippen LogP contribution in [0.3, 0.4) is 0 Å². The van der Waals surface area contributed by atoms with Crippen LogP contribution < -0.4 is 5.32 Å². The second-order valence-electron chi connectivity index (χ2n) is 4.21. The maximum atomic E-state index is 9.76. The Labute approximate surface area is 114 Å². The van der Waals surface area contributed by atoms with E-state index in [0.29, 0.717) is 25.3 Å². The maximum Gasteiger partial charge on any atom is 0.169 e. The van der Waals surface area contributed by atoms with Gasteiger partial charge in [0.05, 0.1) is 0 Å². The average Bonchev–Trinajstić information content (AvgIpc) is 2.39. The molecule has 1 aromatic rings. The quantitative estimate of drug-likeness (QED) is 0.498. The predicted molar refractivity (Wildman–Crippen MR) is 73.2 cm³/mol. The van der Waals surface area contributed by atoms with Gasteiger partial charge in [-0.25, -0.2) is 0 Å². The first-order valence-corrected chi connectivity index (χ1v) is 6.56. The molecule has 0 aromatic heterocycles. The summed E-state index contributed by atoms with van der Waals surface area (Å²) >= 11 is 0. The zero-order valence-corrected chi connectivity index (χ0v) is 11.7. The van der Waals surface area contributed by atoms with E-state index >= 15 is 0 Å². The number of hydrogen-bond donors (Lipinski definition) is 3. The maximum absolute atomic E-state index is 9.76. The number of ether oxygens (including phenoxy) is 2. The Bertz CT molecular complexity index is 378. The third kappa shape index (κ3) is 5.06. The highest BCUT2D eigenvalue weighted by Crippen LogP contribution is 2.27. The SMILES string of the molecule is CCOC(CNC(C)c1cc(O)ccc1O)OCC. The predicted octanol–water partition coefficient (Wildman–Crippen LogP) is 2.15. The third-order valence-corrected chi connectivity index (χ3v) is 2.77. The normalized spacial score (nSPS) is 12.8. The van der Waals surface area contributed by atoms with Gasteiger partial charge >= 0.3 is 0 Å². The molecule has 1 atom stereocenters. The van der Waals surface area contributed by atoms with Crippen molar-refractivity contribution in [1.29, 1.82) is 0 Å². The summed E-state index contributed by atoms with van der Waals surface area (Å²) in [6.07, 6.45) is -0.308. The van der Waals surface area contributed by atoms with Crippen molar-refractivity contribution in [3.8, 4) is 11.5 Å². The molecule has 0 fully saturated rings. The van der Waals surface area contributed by atoms with Crippen LogP contribution in [0, 0.1) is 0 Å². The van der Waals surface area contributed by atoms with Crippen LogP contribution in [0.4, 0.5) is 0 Å². The Kier molecular flexibility index (Phi) is 6.62. The second kappa shape index (κ2) is 7.99. The molecule has 0 aliphatic carbocycles. The lowest BCUT2D eigenvalue weighted by Crippen LogP contribution is -2.33. The van der Waals surface area contributed by atoms with Crippen LogP contribution in [-0.4, -0.2) is 36.3 Å². The minimum absolute atomic E-state index is 0.115. The van der Waals surface area contributed by atoms with Crippen molar-refractivity contribution in [3.05, 3.63) is 23.8 Å². The number of benzene rings is 1. The van der Waals surface area contributed by atoms with Gasteiger partial charge in [0.2, 0.25) is 0 Å². The Balaban J connectivity index is 2.58. The number of phenolic OH excluding ortho intramolecular Hbond substituents is 2. The van der Waals surface area contributed by atoms with Gasteiger partial charge in [-0.15, -0.1) is 0 Å². The highest BCUT2D eigenvalue weighted by molar-refractivity contribution is 5.40. The Morgan fingerprint density at radius 1 is 1.16 bits per heavy atom. The van der Waals surface area contributed by atoms with Gasteiger partial charge in [0.25, 0.3) is 0 Å². The van der Waals surface area contributed by atoms with E-state index in [0.717, 1.165) is 0 Å². The van der Waals surface area contributed by atoms with Crippen LogP contribution in [0.2, 0.25) is 0 Å². The van der Waals surface area contributed by atoms with Gasteiger partial charge in [-0.05, 0) is 39.0 Å². The van der Waals surface area contributed by atoms with E-state index in [2.05, 4.69) is 5.32 Å². The largest absolute Gasteiger partial charge is 0.508 e. The van der Waals surface area contributed by atoms with Crippen molar-refractivity contribution in [2.45, 2.75) is 33.1 Å². The lowest BCUT2D eigenvalue weighted by Gasteiger charge is -2.21. The molecule has 0 aliphatic heterocycles. The van der Waals surface area contributed by atoms with Gasteiger partial charge in [-0.2, -0.15) is 0 Å². The zero-order chi connectivity index (χ0) is 14.3. The summed E-state index contributed by atoms with van der Waals surface area (Å²) in [6, 6.07) is 4.36.